The zero-order chi connectivity index (χ0) is 19.6. The molecular weight excluding hydrogens is 364 g/mol. The highest BCUT2D eigenvalue weighted by atomic mass is 32.2. The quantitative estimate of drug-likeness (QED) is 0.795. The number of amides is 2. The van der Waals surface area contributed by atoms with E-state index < -0.39 is 5.97 Å². The van der Waals surface area contributed by atoms with E-state index in [0.717, 1.165) is 23.0 Å². The molecule has 3 rings (SSSR count). The Bertz CT molecular complexity index is 918. The van der Waals surface area contributed by atoms with Gasteiger partial charge >= 0.3 is 5.97 Å². The number of anilines is 1. The highest BCUT2D eigenvalue weighted by molar-refractivity contribution is 8.18. The molecular formula is C20H18N2O4S. The summed E-state index contributed by atoms with van der Waals surface area (Å²) in [6.45, 7) is 0.113. The minimum Gasteiger partial charge on any atom is -0.478 e. The average molecular weight is 382 g/mol. The maximum Gasteiger partial charge on any atom is 0.335 e. The topological polar surface area (TPSA) is 77.9 Å². The molecule has 0 aromatic heterocycles. The first kappa shape index (κ1) is 18.7. The Morgan fingerprint density at radius 2 is 1.70 bits per heavy atom. The Kier molecular flexibility index (Phi) is 5.32. The van der Waals surface area contributed by atoms with Gasteiger partial charge in [-0.1, -0.05) is 24.3 Å². The van der Waals surface area contributed by atoms with Gasteiger partial charge in [0.05, 0.1) is 17.0 Å². The van der Waals surface area contributed by atoms with Crippen LogP contribution in [0.3, 0.4) is 0 Å². The third-order valence-corrected chi connectivity index (χ3v) is 5.03. The van der Waals surface area contributed by atoms with Gasteiger partial charge in [0.15, 0.2) is 0 Å². The summed E-state index contributed by atoms with van der Waals surface area (Å²) in [6.07, 6.45) is 1.71. The van der Waals surface area contributed by atoms with Crippen LogP contribution in [0.2, 0.25) is 0 Å². The van der Waals surface area contributed by atoms with Crippen LogP contribution in [0.4, 0.5) is 10.5 Å². The van der Waals surface area contributed by atoms with E-state index in [-0.39, 0.29) is 23.3 Å². The van der Waals surface area contributed by atoms with Gasteiger partial charge in [-0.2, -0.15) is 0 Å². The van der Waals surface area contributed by atoms with Gasteiger partial charge in [-0.3, -0.25) is 14.5 Å². The number of carboxylic acid groups (broad SMARTS) is 1. The Morgan fingerprint density at radius 3 is 2.26 bits per heavy atom. The summed E-state index contributed by atoms with van der Waals surface area (Å²) in [6, 6.07) is 13.8. The van der Waals surface area contributed by atoms with E-state index in [9.17, 15) is 14.4 Å². The van der Waals surface area contributed by atoms with Gasteiger partial charge < -0.3 is 10.0 Å². The molecule has 7 heteroatoms. The van der Waals surface area contributed by atoms with Crippen LogP contribution in [0.15, 0.2) is 53.4 Å². The lowest BCUT2D eigenvalue weighted by Crippen LogP contribution is -2.27. The minimum absolute atomic E-state index is 0.113. The van der Waals surface area contributed by atoms with Crippen molar-refractivity contribution < 1.29 is 19.5 Å². The van der Waals surface area contributed by atoms with Crippen molar-refractivity contribution in [3.63, 3.8) is 0 Å². The molecule has 0 unspecified atom stereocenters. The van der Waals surface area contributed by atoms with Crippen LogP contribution in [0.25, 0.3) is 6.08 Å². The second-order valence-corrected chi connectivity index (χ2v) is 7.25. The van der Waals surface area contributed by atoms with Crippen molar-refractivity contribution in [3.8, 4) is 0 Å². The van der Waals surface area contributed by atoms with Crippen molar-refractivity contribution in [1.29, 1.82) is 0 Å². The maximum atomic E-state index is 12.6. The highest BCUT2D eigenvalue weighted by Crippen LogP contribution is 2.33. The lowest BCUT2D eigenvalue weighted by molar-refractivity contribution is -0.123. The van der Waals surface area contributed by atoms with Crippen molar-refractivity contribution in [1.82, 2.24) is 4.90 Å². The number of rotatable bonds is 5. The van der Waals surface area contributed by atoms with Crippen molar-refractivity contribution in [2.75, 3.05) is 19.0 Å². The van der Waals surface area contributed by atoms with Gasteiger partial charge in [0.1, 0.15) is 0 Å². The van der Waals surface area contributed by atoms with E-state index in [1.165, 1.54) is 17.0 Å². The van der Waals surface area contributed by atoms with E-state index in [0.29, 0.717) is 10.5 Å². The van der Waals surface area contributed by atoms with E-state index >= 15 is 0 Å². The molecule has 1 fully saturated rings. The monoisotopic (exact) mass is 382 g/mol. The molecule has 0 bridgehead atoms. The second-order valence-electron chi connectivity index (χ2n) is 6.26. The van der Waals surface area contributed by atoms with Gasteiger partial charge in [-0.05, 0) is 53.2 Å². The number of nitrogens with zero attached hydrogens (tertiary/aromatic N) is 2. The number of hydrogen-bond acceptors (Lipinski definition) is 5. The zero-order valence-electron chi connectivity index (χ0n) is 14.9. The first-order valence-corrected chi connectivity index (χ1v) is 9.02. The summed E-state index contributed by atoms with van der Waals surface area (Å²) in [4.78, 5) is 39.2. The summed E-state index contributed by atoms with van der Waals surface area (Å²) >= 11 is 0.908. The van der Waals surface area contributed by atoms with E-state index in [4.69, 9.17) is 5.11 Å². The molecule has 2 aromatic carbocycles. The second kappa shape index (κ2) is 7.67. The molecule has 0 spiro atoms. The summed E-state index contributed by atoms with van der Waals surface area (Å²) in [5.41, 5.74) is 2.75. The van der Waals surface area contributed by atoms with Gasteiger partial charge in [-0.15, -0.1) is 0 Å². The van der Waals surface area contributed by atoms with E-state index in [1.807, 2.05) is 43.3 Å². The van der Waals surface area contributed by atoms with Crippen molar-refractivity contribution in [2.24, 2.45) is 0 Å². The third-order valence-electron chi connectivity index (χ3n) is 4.12. The van der Waals surface area contributed by atoms with Gasteiger partial charge in [0.25, 0.3) is 11.1 Å². The number of aromatic carboxylic acids is 1. The van der Waals surface area contributed by atoms with Gasteiger partial charge in [-0.25, -0.2) is 4.79 Å². The molecule has 0 atom stereocenters. The number of carbonyl (C=O) groups is 3. The van der Waals surface area contributed by atoms with Crippen LogP contribution in [0.5, 0.6) is 0 Å². The molecule has 27 heavy (non-hydrogen) atoms. The number of thioether (sulfide) groups is 1. The molecule has 1 N–H and O–H groups in total. The van der Waals surface area contributed by atoms with Crippen molar-refractivity contribution >= 4 is 40.6 Å². The SMILES string of the molecule is CN(C)c1ccc(/C=C2\SC(=O)N(Cc3ccc(C(=O)O)cc3)C2=O)cc1. The van der Waals surface area contributed by atoms with Crippen LogP contribution in [0.1, 0.15) is 21.5 Å². The van der Waals surface area contributed by atoms with E-state index in [1.54, 1.807) is 18.2 Å². The highest BCUT2D eigenvalue weighted by Gasteiger charge is 2.34. The summed E-state index contributed by atoms with van der Waals surface area (Å²) in [5.74, 6) is -1.36. The fourth-order valence-corrected chi connectivity index (χ4v) is 3.43. The third kappa shape index (κ3) is 4.20. The standard InChI is InChI=1S/C20H18N2O4S/c1-21(2)16-9-5-13(6-10-16)11-17-18(23)22(20(26)27-17)12-14-3-7-15(8-4-14)19(24)25/h3-11H,12H2,1-2H3,(H,24,25)/b17-11-. The number of benzene rings is 2. The molecule has 0 aliphatic carbocycles. The van der Waals surface area contributed by atoms with Crippen LogP contribution in [-0.2, 0) is 11.3 Å². The van der Waals surface area contributed by atoms with Gasteiger partial charge in [0.2, 0.25) is 0 Å². The van der Waals surface area contributed by atoms with Crippen LogP contribution >= 0.6 is 11.8 Å². The Morgan fingerprint density at radius 1 is 1.07 bits per heavy atom. The Balaban J connectivity index is 1.75. The molecule has 2 aromatic rings. The smallest absolute Gasteiger partial charge is 0.335 e. The molecule has 0 radical (unpaired) electrons. The lowest BCUT2D eigenvalue weighted by atomic mass is 10.1. The number of imide groups is 1. The first-order chi connectivity index (χ1) is 12.8. The molecule has 6 nitrogen and oxygen atoms in total. The predicted octanol–water partition coefficient (Wildman–Crippen LogP) is 3.69. The summed E-state index contributed by atoms with van der Waals surface area (Å²) in [7, 11) is 3.90. The molecule has 0 saturated carbocycles. The molecule has 2 amide bonds. The lowest BCUT2D eigenvalue weighted by Gasteiger charge is -2.12. The van der Waals surface area contributed by atoms with Crippen LogP contribution < -0.4 is 4.90 Å². The fraction of sp³-hybridized carbons (Fsp3) is 0.150. The van der Waals surface area contributed by atoms with Gasteiger partial charge in [0, 0.05) is 19.8 Å². The first-order valence-electron chi connectivity index (χ1n) is 8.20. The van der Waals surface area contributed by atoms with Crippen LogP contribution in [-0.4, -0.2) is 41.2 Å². The summed E-state index contributed by atoms with van der Waals surface area (Å²) < 4.78 is 0. The fourth-order valence-electron chi connectivity index (χ4n) is 2.59. The Hall–Kier alpha value is -3.06. The molecule has 138 valence electrons. The number of hydrogen-bond donors (Lipinski definition) is 1. The van der Waals surface area contributed by atoms with E-state index in [2.05, 4.69) is 0 Å². The predicted molar refractivity (Wildman–Crippen MR) is 106 cm³/mol. The normalized spacial score (nSPS) is 15.5. The number of carboxylic acids is 1. The van der Waals surface area contributed by atoms with Crippen molar-refractivity contribution in [2.45, 2.75) is 6.54 Å². The van der Waals surface area contributed by atoms with Crippen molar-refractivity contribution in [3.05, 3.63) is 70.1 Å². The molecule has 1 aliphatic rings. The maximum absolute atomic E-state index is 12.6. The Labute approximate surface area is 161 Å². The zero-order valence-corrected chi connectivity index (χ0v) is 15.7. The molecule has 1 heterocycles. The largest absolute Gasteiger partial charge is 0.478 e. The van der Waals surface area contributed by atoms with Crippen LogP contribution in [0, 0.1) is 0 Å². The summed E-state index contributed by atoms with van der Waals surface area (Å²) in [5, 5.41) is 8.60. The minimum atomic E-state index is -1.02. The number of carbonyl (C=O) groups excluding carboxylic acids is 2. The molecule has 1 saturated heterocycles. The average Bonchev–Trinajstić information content (AvgIpc) is 2.90. The molecule has 1 aliphatic heterocycles.